The SMILES string of the molecule is Cc1ccc(OCCNS(=O)(=O)c2ccccc2)cc1C. The fourth-order valence-corrected chi connectivity index (χ4v) is 2.87. The number of hydrogen-bond acceptors (Lipinski definition) is 3. The zero-order chi connectivity index (χ0) is 15.3. The topological polar surface area (TPSA) is 55.4 Å². The number of sulfonamides is 1. The summed E-state index contributed by atoms with van der Waals surface area (Å²) in [5, 5.41) is 0. The molecule has 0 radical (unpaired) electrons. The highest BCUT2D eigenvalue weighted by Gasteiger charge is 2.12. The number of ether oxygens (including phenoxy) is 1. The Morgan fingerprint density at radius 1 is 1.00 bits per heavy atom. The molecule has 0 heterocycles. The maximum absolute atomic E-state index is 12.0. The maximum atomic E-state index is 12.0. The molecule has 2 aromatic rings. The van der Waals surface area contributed by atoms with Crippen LogP contribution in [0.5, 0.6) is 5.75 Å². The smallest absolute Gasteiger partial charge is 0.240 e. The van der Waals surface area contributed by atoms with Gasteiger partial charge in [-0.15, -0.1) is 0 Å². The van der Waals surface area contributed by atoms with Crippen molar-refractivity contribution in [2.45, 2.75) is 18.7 Å². The summed E-state index contributed by atoms with van der Waals surface area (Å²) in [5.41, 5.74) is 2.35. The Kier molecular flexibility index (Phi) is 4.98. The third-order valence-electron chi connectivity index (χ3n) is 3.19. The van der Waals surface area contributed by atoms with Crippen LogP contribution in [-0.4, -0.2) is 21.6 Å². The first-order valence-electron chi connectivity index (χ1n) is 6.74. The summed E-state index contributed by atoms with van der Waals surface area (Å²) in [5.74, 6) is 0.747. The molecule has 5 heteroatoms. The highest BCUT2D eigenvalue weighted by molar-refractivity contribution is 7.89. The average molecular weight is 305 g/mol. The lowest BCUT2D eigenvalue weighted by molar-refractivity contribution is 0.322. The number of nitrogens with one attached hydrogen (secondary N) is 1. The zero-order valence-corrected chi connectivity index (χ0v) is 13.0. The van der Waals surface area contributed by atoms with E-state index in [4.69, 9.17) is 4.74 Å². The molecule has 2 aromatic carbocycles. The first kappa shape index (κ1) is 15.5. The van der Waals surface area contributed by atoms with Gasteiger partial charge in [-0.1, -0.05) is 24.3 Å². The van der Waals surface area contributed by atoms with Gasteiger partial charge in [-0.3, -0.25) is 0 Å². The predicted molar refractivity (Wildman–Crippen MR) is 83.0 cm³/mol. The monoisotopic (exact) mass is 305 g/mol. The molecule has 0 fully saturated rings. The first-order chi connectivity index (χ1) is 9.99. The quantitative estimate of drug-likeness (QED) is 0.835. The van der Waals surface area contributed by atoms with Crippen molar-refractivity contribution in [3.8, 4) is 5.75 Å². The molecule has 1 N–H and O–H groups in total. The molecule has 112 valence electrons. The minimum atomic E-state index is -3.46. The number of aryl methyl sites for hydroxylation is 2. The predicted octanol–water partition coefficient (Wildman–Crippen LogP) is 2.66. The maximum Gasteiger partial charge on any atom is 0.240 e. The molecule has 0 atom stereocenters. The van der Waals surface area contributed by atoms with Crippen molar-refractivity contribution in [2.75, 3.05) is 13.2 Å². The van der Waals surface area contributed by atoms with Crippen molar-refractivity contribution in [2.24, 2.45) is 0 Å². The van der Waals surface area contributed by atoms with E-state index in [1.807, 2.05) is 32.0 Å². The summed E-state index contributed by atoms with van der Waals surface area (Å²) in [4.78, 5) is 0.260. The Bertz CT molecular complexity index is 697. The average Bonchev–Trinajstić information content (AvgIpc) is 2.48. The van der Waals surface area contributed by atoms with Crippen LogP contribution in [0.1, 0.15) is 11.1 Å². The van der Waals surface area contributed by atoms with Crippen LogP contribution < -0.4 is 9.46 Å². The summed E-state index contributed by atoms with van der Waals surface area (Å²) in [7, 11) is -3.46. The second-order valence-electron chi connectivity index (χ2n) is 4.81. The summed E-state index contributed by atoms with van der Waals surface area (Å²) in [6, 6.07) is 14.1. The Balaban J connectivity index is 1.86. The van der Waals surface area contributed by atoms with Crippen molar-refractivity contribution in [1.82, 2.24) is 4.72 Å². The van der Waals surface area contributed by atoms with E-state index in [1.165, 1.54) is 5.56 Å². The molecule has 0 spiro atoms. The Hall–Kier alpha value is -1.85. The lowest BCUT2D eigenvalue weighted by Gasteiger charge is -2.09. The molecule has 0 saturated heterocycles. The van der Waals surface area contributed by atoms with E-state index in [-0.39, 0.29) is 18.0 Å². The number of hydrogen-bond donors (Lipinski definition) is 1. The van der Waals surface area contributed by atoms with E-state index < -0.39 is 10.0 Å². The Morgan fingerprint density at radius 2 is 1.71 bits per heavy atom. The van der Waals surface area contributed by atoms with Crippen molar-refractivity contribution in [3.05, 3.63) is 59.7 Å². The molecule has 0 aliphatic carbocycles. The van der Waals surface area contributed by atoms with Gasteiger partial charge in [0.25, 0.3) is 0 Å². The molecule has 2 rings (SSSR count). The molecule has 0 saturated carbocycles. The van der Waals surface area contributed by atoms with E-state index >= 15 is 0 Å². The summed E-state index contributed by atoms with van der Waals surface area (Å²) >= 11 is 0. The molecule has 0 aliphatic heterocycles. The van der Waals surface area contributed by atoms with Crippen molar-refractivity contribution in [3.63, 3.8) is 0 Å². The molecule has 0 bridgehead atoms. The summed E-state index contributed by atoms with van der Waals surface area (Å²) in [6.45, 7) is 4.56. The Labute approximate surface area is 125 Å². The second kappa shape index (κ2) is 6.74. The van der Waals surface area contributed by atoms with Crippen molar-refractivity contribution >= 4 is 10.0 Å². The largest absolute Gasteiger partial charge is 0.492 e. The van der Waals surface area contributed by atoms with Crippen molar-refractivity contribution < 1.29 is 13.2 Å². The first-order valence-corrected chi connectivity index (χ1v) is 8.22. The van der Waals surface area contributed by atoms with Crippen LogP contribution in [-0.2, 0) is 10.0 Å². The van der Waals surface area contributed by atoms with Gasteiger partial charge in [-0.05, 0) is 49.2 Å². The van der Waals surface area contributed by atoms with Crippen LogP contribution in [0.15, 0.2) is 53.4 Å². The third kappa shape index (κ3) is 4.31. The molecule has 0 aromatic heterocycles. The highest BCUT2D eigenvalue weighted by Crippen LogP contribution is 2.16. The van der Waals surface area contributed by atoms with Gasteiger partial charge in [0, 0.05) is 6.54 Å². The van der Waals surface area contributed by atoms with Crippen LogP contribution in [0.4, 0.5) is 0 Å². The molecule has 4 nitrogen and oxygen atoms in total. The van der Waals surface area contributed by atoms with Gasteiger partial charge in [0.1, 0.15) is 12.4 Å². The summed E-state index contributed by atoms with van der Waals surface area (Å²) < 4.78 is 32.0. The third-order valence-corrected chi connectivity index (χ3v) is 4.67. The van der Waals surface area contributed by atoms with Gasteiger partial charge in [-0.2, -0.15) is 0 Å². The lowest BCUT2D eigenvalue weighted by Crippen LogP contribution is -2.28. The molecule has 0 aliphatic rings. The minimum Gasteiger partial charge on any atom is -0.492 e. The van der Waals surface area contributed by atoms with Gasteiger partial charge in [0.15, 0.2) is 0 Å². The standard InChI is InChI=1S/C16H19NO3S/c1-13-8-9-15(12-14(13)2)20-11-10-17-21(18,19)16-6-4-3-5-7-16/h3-9,12,17H,10-11H2,1-2H3. The fraction of sp³-hybridized carbons (Fsp3) is 0.250. The second-order valence-corrected chi connectivity index (χ2v) is 6.57. The van der Waals surface area contributed by atoms with Crippen LogP contribution in [0.25, 0.3) is 0 Å². The zero-order valence-electron chi connectivity index (χ0n) is 12.2. The van der Waals surface area contributed by atoms with E-state index in [9.17, 15) is 8.42 Å². The van der Waals surface area contributed by atoms with Crippen LogP contribution in [0.3, 0.4) is 0 Å². The van der Waals surface area contributed by atoms with Gasteiger partial charge in [-0.25, -0.2) is 13.1 Å². The molecular weight excluding hydrogens is 286 g/mol. The Morgan fingerprint density at radius 3 is 2.38 bits per heavy atom. The molecular formula is C16H19NO3S. The normalized spacial score (nSPS) is 11.3. The van der Waals surface area contributed by atoms with Gasteiger partial charge in [0.2, 0.25) is 10.0 Å². The van der Waals surface area contributed by atoms with Gasteiger partial charge >= 0.3 is 0 Å². The van der Waals surface area contributed by atoms with E-state index in [1.54, 1.807) is 30.3 Å². The summed E-state index contributed by atoms with van der Waals surface area (Å²) in [6.07, 6.45) is 0. The van der Waals surface area contributed by atoms with Crippen LogP contribution >= 0.6 is 0 Å². The molecule has 0 unspecified atom stereocenters. The molecule has 0 amide bonds. The minimum absolute atomic E-state index is 0.226. The van der Waals surface area contributed by atoms with E-state index in [2.05, 4.69) is 4.72 Å². The molecule has 21 heavy (non-hydrogen) atoms. The van der Waals surface area contributed by atoms with Gasteiger partial charge < -0.3 is 4.74 Å². The van der Waals surface area contributed by atoms with Crippen molar-refractivity contribution in [1.29, 1.82) is 0 Å². The fourth-order valence-electron chi connectivity index (χ4n) is 1.83. The number of rotatable bonds is 6. The van der Waals surface area contributed by atoms with E-state index in [0.717, 1.165) is 11.3 Å². The van der Waals surface area contributed by atoms with E-state index in [0.29, 0.717) is 0 Å². The van der Waals surface area contributed by atoms with Crippen LogP contribution in [0, 0.1) is 13.8 Å². The number of benzene rings is 2. The lowest BCUT2D eigenvalue weighted by atomic mass is 10.1. The highest BCUT2D eigenvalue weighted by atomic mass is 32.2. The van der Waals surface area contributed by atoms with Crippen LogP contribution in [0.2, 0.25) is 0 Å². The van der Waals surface area contributed by atoms with Gasteiger partial charge in [0.05, 0.1) is 4.90 Å².